The summed E-state index contributed by atoms with van der Waals surface area (Å²) in [7, 11) is 1.71. The summed E-state index contributed by atoms with van der Waals surface area (Å²) < 4.78 is 5.20. The zero-order valence-electron chi connectivity index (χ0n) is 8.57. The molecule has 1 saturated heterocycles. The summed E-state index contributed by atoms with van der Waals surface area (Å²) in [6.45, 7) is 1.02. The first-order chi connectivity index (χ1) is 6.90. The van der Waals surface area contributed by atoms with Crippen molar-refractivity contribution >= 4 is 0 Å². The van der Waals surface area contributed by atoms with E-state index in [2.05, 4.69) is 17.4 Å². The number of rotatable bonds is 2. The van der Waals surface area contributed by atoms with Gasteiger partial charge in [-0.2, -0.15) is 0 Å². The zero-order chi connectivity index (χ0) is 9.80. The van der Waals surface area contributed by atoms with Crippen LogP contribution in [0.25, 0.3) is 0 Å². The van der Waals surface area contributed by atoms with Gasteiger partial charge in [0.2, 0.25) is 0 Å². The lowest BCUT2D eigenvalue weighted by Crippen LogP contribution is -2.20. The van der Waals surface area contributed by atoms with E-state index in [9.17, 15) is 0 Å². The average molecular weight is 190 g/mol. The Bertz CT molecular complexity index is 292. The van der Waals surface area contributed by atoms with Crippen molar-refractivity contribution in [2.75, 3.05) is 13.7 Å². The maximum Gasteiger partial charge on any atom is 0.119 e. The number of hydrogen-bond donors (Lipinski definition) is 0. The third-order valence-electron chi connectivity index (χ3n) is 2.71. The minimum absolute atomic E-state index is 0.402. The fraction of sp³-hybridized carbons (Fsp3) is 0.500. The molecule has 1 heterocycles. The first kappa shape index (κ1) is 9.53. The lowest BCUT2D eigenvalue weighted by Gasteiger charge is -2.22. The summed E-state index contributed by atoms with van der Waals surface area (Å²) in [6.07, 6.45) is 3.74. The molecule has 75 valence electrons. The Kier molecular flexibility index (Phi) is 3.04. The maximum atomic E-state index is 5.20. The van der Waals surface area contributed by atoms with Crippen molar-refractivity contribution in [1.82, 2.24) is 5.32 Å². The van der Waals surface area contributed by atoms with Crippen molar-refractivity contribution in [3.8, 4) is 5.75 Å². The lowest BCUT2D eigenvalue weighted by atomic mass is 9.97. The molecule has 1 aromatic carbocycles. The van der Waals surface area contributed by atoms with Gasteiger partial charge in [-0.3, -0.25) is 0 Å². The van der Waals surface area contributed by atoms with Crippen LogP contribution in [0.15, 0.2) is 24.3 Å². The van der Waals surface area contributed by atoms with Gasteiger partial charge in [-0.25, -0.2) is 5.32 Å². The van der Waals surface area contributed by atoms with Gasteiger partial charge in [0.15, 0.2) is 0 Å². The Morgan fingerprint density at radius 1 is 1.36 bits per heavy atom. The van der Waals surface area contributed by atoms with Crippen molar-refractivity contribution in [2.45, 2.75) is 25.3 Å². The zero-order valence-corrected chi connectivity index (χ0v) is 8.57. The van der Waals surface area contributed by atoms with Crippen molar-refractivity contribution in [1.29, 1.82) is 0 Å². The molecule has 0 aromatic heterocycles. The van der Waals surface area contributed by atoms with Crippen LogP contribution in [0.5, 0.6) is 5.75 Å². The van der Waals surface area contributed by atoms with Gasteiger partial charge < -0.3 is 4.74 Å². The van der Waals surface area contributed by atoms with Gasteiger partial charge in [-0.15, -0.1) is 0 Å². The van der Waals surface area contributed by atoms with Gasteiger partial charge in [0.1, 0.15) is 5.75 Å². The summed E-state index contributed by atoms with van der Waals surface area (Å²) in [5.41, 5.74) is 1.30. The van der Waals surface area contributed by atoms with E-state index in [0.717, 1.165) is 12.3 Å². The van der Waals surface area contributed by atoms with Crippen molar-refractivity contribution in [3.63, 3.8) is 0 Å². The standard InChI is InChI=1S/C12H16NO/c1-14-11-6-4-5-10(9-11)12-7-2-3-8-13-12/h4-6,9,12H,2-3,7-8H2,1H3. The number of hydrogen-bond acceptors (Lipinski definition) is 1. The normalized spacial score (nSPS) is 21.9. The first-order valence-corrected chi connectivity index (χ1v) is 5.21. The number of piperidine rings is 1. The van der Waals surface area contributed by atoms with Crippen LogP contribution in [0, 0.1) is 0 Å². The predicted molar refractivity (Wildman–Crippen MR) is 56.6 cm³/mol. The van der Waals surface area contributed by atoms with Gasteiger partial charge in [0, 0.05) is 12.6 Å². The predicted octanol–water partition coefficient (Wildman–Crippen LogP) is 2.52. The summed E-state index contributed by atoms with van der Waals surface area (Å²) in [4.78, 5) is 0. The van der Waals surface area contributed by atoms with Gasteiger partial charge in [0.25, 0.3) is 0 Å². The Hall–Kier alpha value is -1.02. The molecular weight excluding hydrogens is 174 g/mol. The van der Waals surface area contributed by atoms with Gasteiger partial charge in [-0.1, -0.05) is 18.6 Å². The molecule has 14 heavy (non-hydrogen) atoms. The second-order valence-corrected chi connectivity index (χ2v) is 3.69. The molecule has 0 amide bonds. The minimum atomic E-state index is 0.402. The van der Waals surface area contributed by atoms with Crippen LogP contribution in [0.1, 0.15) is 30.9 Å². The van der Waals surface area contributed by atoms with Crippen molar-refractivity contribution in [2.24, 2.45) is 0 Å². The Labute approximate surface area is 85.3 Å². The Morgan fingerprint density at radius 3 is 3.00 bits per heavy atom. The van der Waals surface area contributed by atoms with E-state index in [0.29, 0.717) is 6.04 Å². The molecule has 0 bridgehead atoms. The topological polar surface area (TPSA) is 23.3 Å². The van der Waals surface area contributed by atoms with Crippen molar-refractivity contribution < 1.29 is 4.74 Å². The number of benzene rings is 1. The third-order valence-corrected chi connectivity index (χ3v) is 2.71. The molecule has 2 heteroatoms. The fourth-order valence-corrected chi connectivity index (χ4v) is 1.91. The molecular formula is C12H16NO. The van der Waals surface area contributed by atoms with Gasteiger partial charge in [0.05, 0.1) is 7.11 Å². The van der Waals surface area contributed by atoms with Crippen LogP contribution in [-0.2, 0) is 0 Å². The van der Waals surface area contributed by atoms with Crippen LogP contribution < -0.4 is 10.1 Å². The van der Waals surface area contributed by atoms with Crippen LogP contribution in [0.4, 0.5) is 0 Å². The monoisotopic (exact) mass is 190 g/mol. The third kappa shape index (κ3) is 2.07. The molecule has 1 aromatic rings. The lowest BCUT2D eigenvalue weighted by molar-refractivity contribution is 0.395. The highest BCUT2D eigenvalue weighted by Crippen LogP contribution is 2.26. The quantitative estimate of drug-likeness (QED) is 0.702. The fourth-order valence-electron chi connectivity index (χ4n) is 1.91. The van der Waals surface area contributed by atoms with Crippen LogP contribution in [0.2, 0.25) is 0 Å². The minimum Gasteiger partial charge on any atom is -0.497 e. The largest absolute Gasteiger partial charge is 0.497 e. The SMILES string of the molecule is COc1cccc(C2CCCC[N]2)c1. The van der Waals surface area contributed by atoms with E-state index in [1.807, 2.05) is 12.1 Å². The molecule has 2 rings (SSSR count). The van der Waals surface area contributed by atoms with E-state index < -0.39 is 0 Å². The van der Waals surface area contributed by atoms with E-state index in [4.69, 9.17) is 4.74 Å². The second-order valence-electron chi connectivity index (χ2n) is 3.69. The molecule has 0 spiro atoms. The highest BCUT2D eigenvalue weighted by atomic mass is 16.5. The first-order valence-electron chi connectivity index (χ1n) is 5.21. The molecule has 1 aliphatic heterocycles. The summed E-state index contributed by atoms with van der Waals surface area (Å²) >= 11 is 0. The molecule has 0 saturated carbocycles. The smallest absolute Gasteiger partial charge is 0.119 e. The second kappa shape index (κ2) is 4.47. The summed E-state index contributed by atoms with van der Waals surface area (Å²) in [5.74, 6) is 0.934. The summed E-state index contributed by atoms with van der Waals surface area (Å²) in [6, 6.07) is 8.66. The van der Waals surface area contributed by atoms with Crippen molar-refractivity contribution in [3.05, 3.63) is 29.8 Å². The molecule has 1 aliphatic rings. The molecule has 1 radical (unpaired) electrons. The van der Waals surface area contributed by atoms with Crippen LogP contribution >= 0.6 is 0 Å². The number of methoxy groups -OCH3 is 1. The van der Waals surface area contributed by atoms with E-state index in [-0.39, 0.29) is 0 Å². The van der Waals surface area contributed by atoms with E-state index in [1.165, 1.54) is 24.8 Å². The maximum absolute atomic E-state index is 5.20. The molecule has 1 atom stereocenters. The molecule has 1 fully saturated rings. The van der Waals surface area contributed by atoms with Gasteiger partial charge in [-0.05, 0) is 30.5 Å². The summed E-state index contributed by atoms with van der Waals surface area (Å²) in [5, 5.41) is 4.62. The molecule has 2 nitrogen and oxygen atoms in total. The highest BCUT2D eigenvalue weighted by Gasteiger charge is 2.15. The Balaban J connectivity index is 2.13. The number of ether oxygens (including phenoxy) is 1. The highest BCUT2D eigenvalue weighted by molar-refractivity contribution is 5.30. The average Bonchev–Trinajstić information content (AvgIpc) is 2.30. The number of nitrogens with zero attached hydrogens (tertiary/aromatic N) is 1. The molecule has 0 aliphatic carbocycles. The van der Waals surface area contributed by atoms with Gasteiger partial charge >= 0.3 is 0 Å². The van der Waals surface area contributed by atoms with E-state index >= 15 is 0 Å². The molecule has 1 unspecified atom stereocenters. The Morgan fingerprint density at radius 2 is 2.29 bits per heavy atom. The van der Waals surface area contributed by atoms with Crippen LogP contribution in [-0.4, -0.2) is 13.7 Å². The molecule has 0 N–H and O–H groups in total. The van der Waals surface area contributed by atoms with E-state index in [1.54, 1.807) is 7.11 Å². The van der Waals surface area contributed by atoms with Crippen LogP contribution in [0.3, 0.4) is 0 Å².